The van der Waals surface area contributed by atoms with Crippen molar-refractivity contribution in [2.45, 2.75) is 21.0 Å². The highest BCUT2D eigenvalue weighted by Gasteiger charge is 2.09. The van der Waals surface area contributed by atoms with Crippen molar-refractivity contribution in [3.8, 4) is 11.5 Å². The zero-order chi connectivity index (χ0) is 25.9. The molecule has 7 nitrogen and oxygen atoms in total. The van der Waals surface area contributed by atoms with Gasteiger partial charge in [-0.25, -0.2) is 5.43 Å². The van der Waals surface area contributed by atoms with Crippen LogP contribution in [0.25, 0.3) is 0 Å². The molecule has 0 bridgehead atoms. The van der Waals surface area contributed by atoms with Crippen LogP contribution in [0.15, 0.2) is 86.6 Å². The number of carbonyl (C=O) groups excluding carboxylic acids is 1. The number of amides is 1. The third kappa shape index (κ3) is 8.78. The number of ether oxygens (including phenoxy) is 2. The molecule has 4 rings (SSSR count). The Hall–Kier alpha value is -3.05. The molecule has 0 aliphatic rings. The van der Waals surface area contributed by atoms with Crippen molar-refractivity contribution in [1.29, 1.82) is 0 Å². The lowest BCUT2D eigenvalue weighted by Gasteiger charge is -2.11. The third-order valence-electron chi connectivity index (χ3n) is 4.82. The SMILES string of the molecule is COc1cc(/C=N/NC(=O)CSc2nnc(SCc3ccc(Cl)cc3)s2)ccc1OCc1ccccc1. The highest BCUT2D eigenvalue weighted by Crippen LogP contribution is 2.31. The standard InChI is InChI=1S/C26H23ClN4O3S3/c1-33-23-13-20(9-12-22(23)34-15-18-5-3-2-4-6-18)14-28-29-24(32)17-36-26-31-30-25(37-26)35-16-19-7-10-21(27)11-8-19/h2-14H,15-17H2,1H3,(H,29,32)/b28-14+. The zero-order valence-corrected chi connectivity index (χ0v) is 23.0. The number of benzene rings is 3. The lowest BCUT2D eigenvalue weighted by Crippen LogP contribution is -2.19. The third-order valence-corrected chi connectivity index (χ3v) is 8.33. The van der Waals surface area contributed by atoms with Gasteiger partial charge in [-0.15, -0.1) is 10.2 Å². The van der Waals surface area contributed by atoms with Crippen LogP contribution in [0.5, 0.6) is 11.5 Å². The van der Waals surface area contributed by atoms with Gasteiger partial charge in [-0.1, -0.05) is 88.9 Å². The van der Waals surface area contributed by atoms with E-state index in [0.29, 0.717) is 23.1 Å². The largest absolute Gasteiger partial charge is 0.493 e. The van der Waals surface area contributed by atoms with Gasteiger partial charge in [-0.05, 0) is 47.0 Å². The first-order valence-corrected chi connectivity index (χ1v) is 14.3. The molecule has 11 heteroatoms. The molecule has 37 heavy (non-hydrogen) atoms. The molecule has 0 unspecified atom stereocenters. The lowest BCUT2D eigenvalue weighted by molar-refractivity contribution is -0.118. The summed E-state index contributed by atoms with van der Waals surface area (Å²) in [6.07, 6.45) is 1.56. The summed E-state index contributed by atoms with van der Waals surface area (Å²) in [5.41, 5.74) is 5.53. The smallest absolute Gasteiger partial charge is 0.250 e. The van der Waals surface area contributed by atoms with Gasteiger partial charge in [0.05, 0.1) is 19.1 Å². The molecule has 1 heterocycles. The Kier molecular flexibility index (Phi) is 10.2. The normalized spacial score (nSPS) is 11.0. The van der Waals surface area contributed by atoms with Gasteiger partial charge in [-0.3, -0.25) is 4.79 Å². The van der Waals surface area contributed by atoms with Crippen LogP contribution < -0.4 is 14.9 Å². The second-order valence-corrected chi connectivity index (χ2v) is 11.4. The molecule has 0 radical (unpaired) electrons. The summed E-state index contributed by atoms with van der Waals surface area (Å²) in [4.78, 5) is 12.2. The van der Waals surface area contributed by atoms with Crippen molar-refractivity contribution in [3.63, 3.8) is 0 Å². The first kappa shape index (κ1) is 27.0. The van der Waals surface area contributed by atoms with Crippen molar-refractivity contribution in [1.82, 2.24) is 15.6 Å². The minimum absolute atomic E-state index is 0.184. The number of aromatic nitrogens is 2. The minimum Gasteiger partial charge on any atom is -0.493 e. The minimum atomic E-state index is -0.235. The van der Waals surface area contributed by atoms with E-state index in [1.807, 2.05) is 66.7 Å². The van der Waals surface area contributed by atoms with E-state index in [0.717, 1.165) is 31.1 Å². The Bertz CT molecular complexity index is 1330. The molecule has 190 valence electrons. The van der Waals surface area contributed by atoms with Crippen LogP contribution in [0.4, 0.5) is 0 Å². The second-order valence-electron chi connectivity index (χ2n) is 7.52. The summed E-state index contributed by atoms with van der Waals surface area (Å²) in [6, 6.07) is 23.1. The van der Waals surface area contributed by atoms with Crippen LogP contribution in [0.3, 0.4) is 0 Å². The number of hydrogen-bond acceptors (Lipinski definition) is 9. The summed E-state index contributed by atoms with van der Waals surface area (Å²) >= 11 is 10.3. The average Bonchev–Trinajstić information content (AvgIpc) is 3.39. The van der Waals surface area contributed by atoms with Gasteiger partial charge < -0.3 is 9.47 Å². The summed E-state index contributed by atoms with van der Waals surface area (Å²) < 4.78 is 12.9. The Morgan fingerprint density at radius 1 is 1.00 bits per heavy atom. The Labute approximate surface area is 232 Å². The van der Waals surface area contributed by atoms with E-state index in [-0.39, 0.29) is 11.7 Å². The van der Waals surface area contributed by atoms with Crippen molar-refractivity contribution < 1.29 is 14.3 Å². The van der Waals surface area contributed by atoms with E-state index < -0.39 is 0 Å². The number of nitrogens with zero attached hydrogens (tertiary/aromatic N) is 3. The molecular weight excluding hydrogens is 548 g/mol. The highest BCUT2D eigenvalue weighted by molar-refractivity contribution is 8.03. The summed E-state index contributed by atoms with van der Waals surface area (Å²) in [5, 5.41) is 13.1. The van der Waals surface area contributed by atoms with Gasteiger partial charge in [0.2, 0.25) is 0 Å². The number of rotatable bonds is 12. The Morgan fingerprint density at radius 2 is 1.76 bits per heavy atom. The summed E-state index contributed by atoms with van der Waals surface area (Å²) in [7, 11) is 1.58. The fourth-order valence-corrected chi connectivity index (χ4v) is 5.89. The number of hydrogen-bond donors (Lipinski definition) is 1. The van der Waals surface area contributed by atoms with Crippen LogP contribution in [0.1, 0.15) is 16.7 Å². The molecule has 4 aromatic rings. The fourth-order valence-electron chi connectivity index (χ4n) is 3.00. The molecule has 0 spiro atoms. The van der Waals surface area contributed by atoms with Crippen LogP contribution in [-0.4, -0.2) is 35.2 Å². The van der Waals surface area contributed by atoms with Gasteiger partial charge >= 0.3 is 0 Å². The van der Waals surface area contributed by atoms with Crippen molar-refractivity contribution in [3.05, 3.63) is 94.5 Å². The molecule has 0 aliphatic heterocycles. The average molecular weight is 571 g/mol. The first-order valence-electron chi connectivity index (χ1n) is 11.1. The zero-order valence-electron chi connectivity index (χ0n) is 19.8. The summed E-state index contributed by atoms with van der Waals surface area (Å²) in [5.74, 6) is 1.94. The van der Waals surface area contributed by atoms with Crippen LogP contribution in [0.2, 0.25) is 5.02 Å². The first-order chi connectivity index (χ1) is 18.1. The quantitative estimate of drug-likeness (QED) is 0.121. The lowest BCUT2D eigenvalue weighted by atomic mass is 10.2. The van der Waals surface area contributed by atoms with E-state index in [1.165, 1.54) is 23.1 Å². The van der Waals surface area contributed by atoms with Gasteiger partial charge in [-0.2, -0.15) is 5.10 Å². The second kappa shape index (κ2) is 14.0. The maximum absolute atomic E-state index is 12.2. The molecule has 1 N–H and O–H groups in total. The van der Waals surface area contributed by atoms with Crippen LogP contribution in [-0.2, 0) is 17.2 Å². The molecule has 3 aromatic carbocycles. The highest BCUT2D eigenvalue weighted by atomic mass is 35.5. The van der Waals surface area contributed by atoms with E-state index in [2.05, 4.69) is 20.7 Å². The maximum atomic E-state index is 12.2. The number of carbonyl (C=O) groups is 1. The topological polar surface area (TPSA) is 85.7 Å². The van der Waals surface area contributed by atoms with Gasteiger partial charge in [0, 0.05) is 10.8 Å². The Balaban J connectivity index is 1.21. The number of thioether (sulfide) groups is 2. The number of hydrazone groups is 1. The molecule has 1 aromatic heterocycles. The van der Waals surface area contributed by atoms with Crippen molar-refractivity contribution in [2.75, 3.05) is 12.9 Å². The monoisotopic (exact) mass is 570 g/mol. The molecule has 0 saturated carbocycles. The van der Waals surface area contributed by atoms with E-state index in [4.69, 9.17) is 21.1 Å². The number of methoxy groups -OCH3 is 1. The molecule has 0 fully saturated rings. The van der Waals surface area contributed by atoms with Gasteiger partial charge in [0.1, 0.15) is 6.61 Å². The molecule has 0 atom stereocenters. The van der Waals surface area contributed by atoms with E-state index in [9.17, 15) is 4.79 Å². The predicted molar refractivity (Wildman–Crippen MR) is 151 cm³/mol. The van der Waals surface area contributed by atoms with Gasteiger partial charge in [0.15, 0.2) is 20.2 Å². The Morgan fingerprint density at radius 3 is 2.51 bits per heavy atom. The molecular formula is C26H23ClN4O3S3. The van der Waals surface area contributed by atoms with E-state index >= 15 is 0 Å². The number of nitrogens with one attached hydrogen (secondary N) is 1. The van der Waals surface area contributed by atoms with Crippen LogP contribution in [0, 0.1) is 0 Å². The summed E-state index contributed by atoms with van der Waals surface area (Å²) in [6.45, 7) is 0.440. The predicted octanol–water partition coefficient (Wildman–Crippen LogP) is 6.31. The fraction of sp³-hybridized carbons (Fsp3) is 0.154. The van der Waals surface area contributed by atoms with Crippen molar-refractivity contribution in [2.24, 2.45) is 5.10 Å². The van der Waals surface area contributed by atoms with Crippen molar-refractivity contribution >= 4 is 58.6 Å². The molecule has 0 aliphatic carbocycles. The van der Waals surface area contributed by atoms with E-state index in [1.54, 1.807) is 31.2 Å². The maximum Gasteiger partial charge on any atom is 0.250 e. The molecule has 0 saturated heterocycles. The van der Waals surface area contributed by atoms with Crippen LogP contribution >= 0.6 is 46.5 Å². The molecule has 1 amide bonds. The van der Waals surface area contributed by atoms with Gasteiger partial charge in [0.25, 0.3) is 5.91 Å². The number of halogens is 1.